The number of anilines is 1. The first-order valence-electron chi connectivity index (χ1n) is 12.6. The number of methoxy groups -OCH3 is 1. The van der Waals surface area contributed by atoms with Crippen LogP contribution in [0, 0.1) is 11.3 Å². The normalized spacial score (nSPS) is 19.6. The summed E-state index contributed by atoms with van der Waals surface area (Å²) in [5.74, 6) is 1.88. The van der Waals surface area contributed by atoms with Crippen LogP contribution in [0.5, 0.6) is 5.88 Å². The summed E-state index contributed by atoms with van der Waals surface area (Å²) >= 11 is 0. The van der Waals surface area contributed by atoms with Gasteiger partial charge in [-0.3, -0.25) is 9.78 Å². The van der Waals surface area contributed by atoms with E-state index in [1.807, 2.05) is 12.1 Å². The number of rotatable bonds is 6. The zero-order valence-electron chi connectivity index (χ0n) is 20.8. The summed E-state index contributed by atoms with van der Waals surface area (Å²) < 4.78 is 13.4. The largest absolute Gasteiger partial charge is 0.479 e. The van der Waals surface area contributed by atoms with Crippen LogP contribution in [0.15, 0.2) is 30.6 Å². The van der Waals surface area contributed by atoms with Crippen molar-refractivity contribution in [1.29, 1.82) is 5.26 Å². The standard InChI is InChI=1S/C27H27N7O3/c1-15-9-18(7-8-37-15)34-23(31-21-13-29-20-6-3-16(12-28)10-19(20)25(21)34)11-24(35)32-22-14-30-26(17-4-5-17)33-27(22)36-2/h3,6,10,13-15,17-18H,4-5,7-9,11H2,1-2H3,(H,32,35)/t15-,18-/m1/s1. The minimum absolute atomic E-state index is 0.0490. The van der Waals surface area contributed by atoms with Gasteiger partial charge < -0.3 is 19.4 Å². The maximum Gasteiger partial charge on any atom is 0.240 e. The highest BCUT2D eigenvalue weighted by atomic mass is 16.5. The van der Waals surface area contributed by atoms with Gasteiger partial charge in [0.1, 0.15) is 22.9 Å². The van der Waals surface area contributed by atoms with Crippen molar-refractivity contribution in [3.63, 3.8) is 0 Å². The molecule has 2 fully saturated rings. The highest BCUT2D eigenvalue weighted by Crippen LogP contribution is 2.39. The molecule has 0 spiro atoms. The van der Waals surface area contributed by atoms with Crippen LogP contribution in [0.3, 0.4) is 0 Å². The summed E-state index contributed by atoms with van der Waals surface area (Å²) in [5.41, 5.74) is 3.35. The molecule has 1 saturated heterocycles. The minimum Gasteiger partial charge on any atom is -0.479 e. The van der Waals surface area contributed by atoms with Gasteiger partial charge in [-0.05, 0) is 50.8 Å². The van der Waals surface area contributed by atoms with Gasteiger partial charge in [0.2, 0.25) is 11.8 Å². The van der Waals surface area contributed by atoms with Crippen molar-refractivity contribution in [2.45, 2.75) is 57.1 Å². The van der Waals surface area contributed by atoms with Crippen molar-refractivity contribution in [1.82, 2.24) is 24.5 Å². The smallest absolute Gasteiger partial charge is 0.240 e. The molecule has 1 saturated carbocycles. The fourth-order valence-electron chi connectivity index (χ4n) is 5.12. The van der Waals surface area contributed by atoms with Gasteiger partial charge in [0.15, 0.2) is 0 Å². The van der Waals surface area contributed by atoms with Crippen LogP contribution in [0.25, 0.3) is 21.9 Å². The van der Waals surface area contributed by atoms with Gasteiger partial charge in [-0.1, -0.05) is 0 Å². The second-order valence-corrected chi connectivity index (χ2v) is 9.74. The number of hydrogen-bond donors (Lipinski definition) is 1. The van der Waals surface area contributed by atoms with Crippen molar-refractivity contribution in [3.05, 3.63) is 47.8 Å². The molecule has 3 aromatic heterocycles. The van der Waals surface area contributed by atoms with Crippen molar-refractivity contribution in [2.75, 3.05) is 19.0 Å². The molecule has 2 aliphatic rings. The monoisotopic (exact) mass is 497 g/mol. The number of carbonyl (C=O) groups is 1. The quantitative estimate of drug-likeness (QED) is 0.422. The third-order valence-corrected chi connectivity index (χ3v) is 7.04. The highest BCUT2D eigenvalue weighted by molar-refractivity contribution is 6.03. The second kappa shape index (κ2) is 9.41. The Morgan fingerprint density at radius 1 is 1.22 bits per heavy atom. The summed E-state index contributed by atoms with van der Waals surface area (Å²) in [5, 5.41) is 13.3. The Balaban J connectivity index is 1.39. The zero-order valence-corrected chi connectivity index (χ0v) is 20.8. The van der Waals surface area contributed by atoms with Crippen LogP contribution in [0.2, 0.25) is 0 Å². The molecule has 0 bridgehead atoms. The fraction of sp³-hybridized carbons (Fsp3) is 0.407. The number of benzene rings is 1. The summed E-state index contributed by atoms with van der Waals surface area (Å²) in [7, 11) is 1.54. The maximum absolute atomic E-state index is 13.3. The molecule has 2 atom stereocenters. The molecule has 37 heavy (non-hydrogen) atoms. The van der Waals surface area contributed by atoms with E-state index in [0.29, 0.717) is 41.0 Å². The Morgan fingerprint density at radius 3 is 2.84 bits per heavy atom. The van der Waals surface area contributed by atoms with Crippen LogP contribution < -0.4 is 10.1 Å². The van der Waals surface area contributed by atoms with Gasteiger partial charge in [-0.25, -0.2) is 9.97 Å². The van der Waals surface area contributed by atoms with E-state index in [1.54, 1.807) is 18.5 Å². The lowest BCUT2D eigenvalue weighted by atomic mass is 10.0. The number of nitrogens with zero attached hydrogens (tertiary/aromatic N) is 6. The Morgan fingerprint density at radius 2 is 2.08 bits per heavy atom. The third kappa shape index (κ3) is 4.47. The second-order valence-electron chi connectivity index (χ2n) is 9.74. The van der Waals surface area contributed by atoms with E-state index in [-0.39, 0.29) is 24.5 Å². The molecular weight excluding hydrogens is 470 g/mol. The molecule has 1 N–H and O–H groups in total. The van der Waals surface area contributed by atoms with E-state index >= 15 is 0 Å². The van der Waals surface area contributed by atoms with E-state index in [4.69, 9.17) is 14.5 Å². The zero-order chi connectivity index (χ0) is 25.5. The van der Waals surface area contributed by atoms with Gasteiger partial charge in [0, 0.05) is 24.0 Å². The van der Waals surface area contributed by atoms with Crippen LogP contribution in [-0.2, 0) is 16.0 Å². The van der Waals surface area contributed by atoms with Crippen LogP contribution in [-0.4, -0.2) is 50.2 Å². The average molecular weight is 498 g/mol. The molecule has 10 heteroatoms. The van der Waals surface area contributed by atoms with Crippen molar-refractivity contribution < 1.29 is 14.3 Å². The first kappa shape index (κ1) is 23.3. The van der Waals surface area contributed by atoms with Gasteiger partial charge in [0.05, 0.1) is 54.7 Å². The number of ether oxygens (including phenoxy) is 2. The maximum atomic E-state index is 13.3. The molecule has 1 aromatic carbocycles. The number of nitriles is 1. The van der Waals surface area contributed by atoms with E-state index in [1.165, 1.54) is 7.11 Å². The Labute approximate surface area is 213 Å². The molecule has 188 valence electrons. The van der Waals surface area contributed by atoms with Gasteiger partial charge >= 0.3 is 0 Å². The first-order valence-corrected chi connectivity index (χ1v) is 12.6. The lowest BCUT2D eigenvalue weighted by Crippen LogP contribution is -2.27. The van der Waals surface area contributed by atoms with E-state index in [9.17, 15) is 10.1 Å². The van der Waals surface area contributed by atoms with Crippen molar-refractivity contribution in [3.8, 4) is 11.9 Å². The van der Waals surface area contributed by atoms with E-state index in [0.717, 1.165) is 47.9 Å². The Bertz CT molecular complexity index is 1550. The number of pyridine rings is 1. The molecular formula is C27H27N7O3. The number of nitrogens with one attached hydrogen (secondary N) is 1. The SMILES string of the molecule is COc1nc(C2CC2)ncc1NC(=O)Cc1nc2cnc3ccc(C#N)cc3c2n1[C@@H]1CCO[C@H](C)C1. The first-order chi connectivity index (χ1) is 18.0. The third-order valence-electron chi connectivity index (χ3n) is 7.04. The minimum atomic E-state index is -0.243. The number of fused-ring (bicyclic) bond motifs is 3. The van der Waals surface area contributed by atoms with E-state index < -0.39 is 0 Å². The van der Waals surface area contributed by atoms with Gasteiger partial charge in [-0.15, -0.1) is 0 Å². The summed E-state index contributed by atoms with van der Waals surface area (Å²) in [6.07, 6.45) is 7.24. The lowest BCUT2D eigenvalue weighted by molar-refractivity contribution is -0.115. The van der Waals surface area contributed by atoms with Gasteiger partial charge in [0.25, 0.3) is 0 Å². The highest BCUT2D eigenvalue weighted by Gasteiger charge is 2.29. The summed E-state index contributed by atoms with van der Waals surface area (Å²) in [6.45, 7) is 2.69. The molecule has 1 aliphatic heterocycles. The number of hydrogen-bond acceptors (Lipinski definition) is 8. The predicted molar refractivity (Wildman–Crippen MR) is 136 cm³/mol. The number of carbonyl (C=O) groups excluding carboxylic acids is 1. The fourth-order valence-corrected chi connectivity index (χ4v) is 5.12. The van der Waals surface area contributed by atoms with Gasteiger partial charge in [-0.2, -0.15) is 10.2 Å². The Hall–Kier alpha value is -4.10. The average Bonchev–Trinajstić information content (AvgIpc) is 3.69. The van der Waals surface area contributed by atoms with Crippen LogP contribution >= 0.6 is 0 Å². The van der Waals surface area contributed by atoms with Crippen molar-refractivity contribution in [2.24, 2.45) is 0 Å². The lowest BCUT2D eigenvalue weighted by Gasteiger charge is -2.30. The molecule has 0 radical (unpaired) electrons. The number of amides is 1. The molecule has 6 rings (SSSR count). The molecule has 0 unspecified atom stereocenters. The molecule has 4 heterocycles. The molecule has 10 nitrogen and oxygen atoms in total. The molecule has 4 aromatic rings. The van der Waals surface area contributed by atoms with Crippen LogP contribution in [0.4, 0.5) is 5.69 Å². The summed E-state index contributed by atoms with van der Waals surface area (Å²) in [6, 6.07) is 7.77. The number of imidazole rings is 1. The van der Waals surface area contributed by atoms with E-state index in [2.05, 4.69) is 37.8 Å². The number of aromatic nitrogens is 5. The molecule has 1 aliphatic carbocycles. The van der Waals surface area contributed by atoms with Crippen molar-refractivity contribution >= 4 is 33.5 Å². The summed E-state index contributed by atoms with van der Waals surface area (Å²) in [4.78, 5) is 31.6. The predicted octanol–water partition coefficient (Wildman–Crippen LogP) is 4.05. The molecule has 1 amide bonds. The Kier molecular flexibility index (Phi) is 5.93. The van der Waals surface area contributed by atoms with Crippen LogP contribution in [0.1, 0.15) is 61.8 Å². The topological polar surface area (TPSA) is 128 Å².